The van der Waals surface area contributed by atoms with Gasteiger partial charge in [0.2, 0.25) is 11.8 Å². The van der Waals surface area contributed by atoms with Gasteiger partial charge in [-0.3, -0.25) is 0 Å². The van der Waals surface area contributed by atoms with Crippen LogP contribution < -0.4 is 14.8 Å². The Balaban J connectivity index is 1.89. The molecule has 1 aromatic heterocycles. The van der Waals surface area contributed by atoms with Crippen LogP contribution in [0.2, 0.25) is 0 Å². The van der Waals surface area contributed by atoms with Crippen LogP contribution in [0, 0.1) is 5.92 Å². The van der Waals surface area contributed by atoms with Gasteiger partial charge >= 0.3 is 0 Å². The molecule has 106 valence electrons. The lowest BCUT2D eigenvalue weighted by atomic mass is 9.98. The maximum atomic E-state index is 5.79. The molecule has 0 radical (unpaired) electrons. The summed E-state index contributed by atoms with van der Waals surface area (Å²) in [6.07, 6.45) is 2.39. The van der Waals surface area contributed by atoms with Gasteiger partial charge in [0.1, 0.15) is 0 Å². The summed E-state index contributed by atoms with van der Waals surface area (Å²) in [6.45, 7) is 3.05. The number of hydrogen-bond acceptors (Lipinski definition) is 5. The van der Waals surface area contributed by atoms with Gasteiger partial charge in [0, 0.05) is 13.1 Å². The Labute approximate surface area is 114 Å². The van der Waals surface area contributed by atoms with E-state index in [-0.39, 0.29) is 0 Å². The highest BCUT2D eigenvalue weighted by molar-refractivity contribution is 5.53. The van der Waals surface area contributed by atoms with Crippen LogP contribution in [0.5, 0.6) is 11.8 Å². The zero-order valence-electron chi connectivity index (χ0n) is 12.0. The molecule has 1 N–H and O–H groups in total. The number of likely N-dealkylation sites (tertiary alicyclic amines) is 1. The molecule has 1 aromatic rings. The fourth-order valence-corrected chi connectivity index (χ4v) is 2.28. The topological polar surface area (TPSA) is 46.6 Å². The molecule has 5 nitrogen and oxygen atoms in total. The number of aromatic nitrogens is 1. The minimum Gasteiger partial charge on any atom is -0.479 e. The molecule has 19 heavy (non-hydrogen) atoms. The second-order valence-electron chi connectivity index (χ2n) is 5.01. The van der Waals surface area contributed by atoms with Gasteiger partial charge in [-0.2, -0.15) is 4.98 Å². The fourth-order valence-electron chi connectivity index (χ4n) is 2.28. The molecule has 1 fully saturated rings. The molecule has 1 aliphatic heterocycles. The lowest BCUT2D eigenvalue weighted by Crippen LogP contribution is -2.32. The SMILES string of the molecule is CNc1ccc(OCC2CCN(C)CC2)nc1OC. The van der Waals surface area contributed by atoms with E-state index in [2.05, 4.69) is 22.2 Å². The van der Waals surface area contributed by atoms with Crippen LogP contribution in [0.1, 0.15) is 12.8 Å². The maximum absolute atomic E-state index is 5.79. The van der Waals surface area contributed by atoms with Crippen LogP contribution in [0.4, 0.5) is 5.69 Å². The van der Waals surface area contributed by atoms with Crippen LogP contribution in [-0.2, 0) is 0 Å². The predicted molar refractivity (Wildman–Crippen MR) is 76.1 cm³/mol. The van der Waals surface area contributed by atoms with E-state index in [0.29, 0.717) is 17.7 Å². The Hall–Kier alpha value is -1.49. The number of rotatable bonds is 5. The van der Waals surface area contributed by atoms with Gasteiger partial charge in [0.05, 0.1) is 19.4 Å². The third kappa shape index (κ3) is 3.73. The van der Waals surface area contributed by atoms with Gasteiger partial charge < -0.3 is 19.7 Å². The summed E-state index contributed by atoms with van der Waals surface area (Å²) in [6, 6.07) is 3.80. The Bertz CT molecular complexity index is 404. The third-order valence-electron chi connectivity index (χ3n) is 3.60. The molecule has 1 saturated heterocycles. The number of hydrogen-bond donors (Lipinski definition) is 1. The molecule has 2 heterocycles. The van der Waals surface area contributed by atoms with E-state index in [1.807, 2.05) is 19.2 Å². The predicted octanol–water partition coefficient (Wildman–Crippen LogP) is 1.85. The van der Waals surface area contributed by atoms with Crippen molar-refractivity contribution in [3.05, 3.63) is 12.1 Å². The second-order valence-corrected chi connectivity index (χ2v) is 5.01. The first-order valence-corrected chi connectivity index (χ1v) is 6.77. The summed E-state index contributed by atoms with van der Waals surface area (Å²) in [5.74, 6) is 1.84. The Morgan fingerprint density at radius 3 is 2.74 bits per heavy atom. The Kier molecular flexibility index (Phi) is 4.85. The van der Waals surface area contributed by atoms with Gasteiger partial charge in [0.15, 0.2) is 0 Å². The molecule has 2 rings (SSSR count). The Morgan fingerprint density at radius 1 is 1.37 bits per heavy atom. The molecule has 0 amide bonds. The van der Waals surface area contributed by atoms with E-state index in [1.165, 1.54) is 12.8 Å². The monoisotopic (exact) mass is 265 g/mol. The van der Waals surface area contributed by atoms with Crippen molar-refractivity contribution in [1.29, 1.82) is 0 Å². The molecular formula is C14H23N3O2. The average Bonchev–Trinajstić information content (AvgIpc) is 2.46. The number of methoxy groups -OCH3 is 1. The third-order valence-corrected chi connectivity index (χ3v) is 3.60. The van der Waals surface area contributed by atoms with Crippen molar-refractivity contribution in [3.63, 3.8) is 0 Å². The van der Waals surface area contributed by atoms with Gasteiger partial charge in [-0.05, 0) is 45.0 Å². The van der Waals surface area contributed by atoms with Crippen molar-refractivity contribution >= 4 is 5.69 Å². The van der Waals surface area contributed by atoms with Crippen LogP contribution >= 0.6 is 0 Å². The number of piperidine rings is 1. The summed E-state index contributed by atoms with van der Waals surface area (Å²) < 4.78 is 11.0. The lowest BCUT2D eigenvalue weighted by molar-refractivity contribution is 0.156. The molecule has 0 aromatic carbocycles. The van der Waals surface area contributed by atoms with Crippen molar-refractivity contribution in [2.24, 2.45) is 5.92 Å². The molecule has 0 saturated carbocycles. The summed E-state index contributed by atoms with van der Waals surface area (Å²) in [5.41, 5.74) is 0.870. The summed E-state index contributed by atoms with van der Waals surface area (Å²) >= 11 is 0. The fraction of sp³-hybridized carbons (Fsp3) is 0.643. The maximum Gasteiger partial charge on any atom is 0.240 e. The average molecular weight is 265 g/mol. The molecule has 5 heteroatoms. The zero-order chi connectivity index (χ0) is 13.7. The minimum absolute atomic E-state index is 0.573. The van der Waals surface area contributed by atoms with Gasteiger partial charge in [-0.15, -0.1) is 0 Å². The first-order valence-electron chi connectivity index (χ1n) is 6.77. The lowest BCUT2D eigenvalue weighted by Gasteiger charge is -2.28. The number of nitrogens with one attached hydrogen (secondary N) is 1. The molecule has 0 spiro atoms. The van der Waals surface area contributed by atoms with Crippen molar-refractivity contribution in [3.8, 4) is 11.8 Å². The summed E-state index contributed by atoms with van der Waals surface area (Å²) in [5, 5.41) is 3.04. The normalized spacial score (nSPS) is 17.2. The van der Waals surface area contributed by atoms with Crippen molar-refractivity contribution < 1.29 is 9.47 Å². The summed E-state index contributed by atoms with van der Waals surface area (Å²) in [4.78, 5) is 6.70. The van der Waals surface area contributed by atoms with E-state index in [1.54, 1.807) is 7.11 Å². The highest BCUT2D eigenvalue weighted by Gasteiger charge is 2.17. The van der Waals surface area contributed by atoms with Crippen molar-refractivity contribution in [1.82, 2.24) is 9.88 Å². The second kappa shape index (κ2) is 6.61. The Morgan fingerprint density at radius 2 is 2.11 bits per heavy atom. The number of anilines is 1. The van der Waals surface area contributed by atoms with Gasteiger partial charge in [0.25, 0.3) is 0 Å². The molecule has 0 bridgehead atoms. The standard InChI is InChI=1S/C14H23N3O2/c1-15-12-4-5-13(16-14(12)18-3)19-10-11-6-8-17(2)9-7-11/h4-5,11,15H,6-10H2,1-3H3. The summed E-state index contributed by atoms with van der Waals surface area (Å²) in [7, 11) is 5.63. The molecule has 0 atom stereocenters. The van der Waals surface area contributed by atoms with Gasteiger partial charge in [-0.25, -0.2) is 0 Å². The minimum atomic E-state index is 0.573. The van der Waals surface area contributed by atoms with Gasteiger partial charge in [-0.1, -0.05) is 0 Å². The first kappa shape index (κ1) is 13.9. The molecule has 0 aliphatic carbocycles. The largest absolute Gasteiger partial charge is 0.479 e. The van der Waals surface area contributed by atoms with Crippen LogP contribution in [-0.4, -0.2) is 50.8 Å². The molecule has 1 aliphatic rings. The van der Waals surface area contributed by atoms with Crippen LogP contribution in [0.3, 0.4) is 0 Å². The van der Waals surface area contributed by atoms with Crippen molar-refractivity contribution in [2.45, 2.75) is 12.8 Å². The number of nitrogens with zero attached hydrogens (tertiary/aromatic N) is 2. The van der Waals surface area contributed by atoms with E-state index in [9.17, 15) is 0 Å². The van der Waals surface area contributed by atoms with Crippen LogP contribution in [0.25, 0.3) is 0 Å². The molecular weight excluding hydrogens is 242 g/mol. The first-order chi connectivity index (χ1) is 9.22. The van der Waals surface area contributed by atoms with Crippen molar-refractivity contribution in [2.75, 3.05) is 46.2 Å². The van der Waals surface area contributed by atoms with E-state index >= 15 is 0 Å². The van der Waals surface area contributed by atoms with Crippen LogP contribution in [0.15, 0.2) is 12.1 Å². The van der Waals surface area contributed by atoms with E-state index < -0.39 is 0 Å². The quantitative estimate of drug-likeness (QED) is 0.880. The zero-order valence-corrected chi connectivity index (χ0v) is 12.0. The highest BCUT2D eigenvalue weighted by Crippen LogP contribution is 2.25. The number of pyridine rings is 1. The highest BCUT2D eigenvalue weighted by atomic mass is 16.5. The smallest absolute Gasteiger partial charge is 0.240 e. The molecule has 0 unspecified atom stereocenters. The van der Waals surface area contributed by atoms with E-state index in [0.717, 1.165) is 25.4 Å². The number of ether oxygens (including phenoxy) is 2. The van der Waals surface area contributed by atoms with E-state index in [4.69, 9.17) is 9.47 Å².